The van der Waals surface area contributed by atoms with E-state index in [0.29, 0.717) is 0 Å². The molecular weight excluding hydrogens is 296 g/mol. The zero-order valence-electron chi connectivity index (χ0n) is 10.4. The van der Waals surface area contributed by atoms with Crippen molar-refractivity contribution in [1.29, 1.82) is 0 Å². The van der Waals surface area contributed by atoms with Crippen LogP contribution in [0.5, 0.6) is 0 Å². The molecule has 0 atom stereocenters. The molecule has 1 fully saturated rings. The molecule has 0 saturated carbocycles. The van der Waals surface area contributed by atoms with Crippen LogP contribution < -0.4 is 4.90 Å². The predicted molar refractivity (Wildman–Crippen MR) is 75.2 cm³/mol. The van der Waals surface area contributed by atoms with E-state index in [-0.39, 0.29) is 6.54 Å². The van der Waals surface area contributed by atoms with Crippen molar-refractivity contribution in [2.45, 2.75) is 6.92 Å². The minimum Gasteiger partial charge on any atom is -0.480 e. The van der Waals surface area contributed by atoms with Crippen molar-refractivity contribution < 1.29 is 9.90 Å². The zero-order valence-corrected chi connectivity index (χ0v) is 12.0. The summed E-state index contributed by atoms with van der Waals surface area (Å²) in [6.07, 6.45) is 0. The van der Waals surface area contributed by atoms with E-state index in [1.807, 2.05) is 11.0 Å². The van der Waals surface area contributed by atoms with Crippen LogP contribution in [-0.2, 0) is 4.79 Å². The van der Waals surface area contributed by atoms with Crippen LogP contribution in [0, 0.1) is 6.92 Å². The van der Waals surface area contributed by atoms with E-state index in [2.05, 4.69) is 39.9 Å². The van der Waals surface area contributed by atoms with Gasteiger partial charge in [0, 0.05) is 36.3 Å². The number of rotatable bonds is 3. The van der Waals surface area contributed by atoms with Crippen molar-refractivity contribution in [3.63, 3.8) is 0 Å². The second kappa shape index (κ2) is 5.71. The second-order valence-corrected chi connectivity index (χ2v) is 5.50. The van der Waals surface area contributed by atoms with Crippen molar-refractivity contribution in [1.82, 2.24) is 4.90 Å². The maximum atomic E-state index is 10.7. The summed E-state index contributed by atoms with van der Waals surface area (Å²) < 4.78 is 1.09. The summed E-state index contributed by atoms with van der Waals surface area (Å²) in [6, 6.07) is 6.27. The Balaban J connectivity index is 1.99. The summed E-state index contributed by atoms with van der Waals surface area (Å²) in [5.41, 5.74) is 2.49. The van der Waals surface area contributed by atoms with Gasteiger partial charge in [-0.15, -0.1) is 0 Å². The molecule has 1 saturated heterocycles. The normalized spacial score (nSPS) is 16.9. The summed E-state index contributed by atoms with van der Waals surface area (Å²) in [5.74, 6) is -0.747. The van der Waals surface area contributed by atoms with E-state index in [0.717, 1.165) is 30.7 Å². The highest BCUT2D eigenvalue weighted by atomic mass is 79.9. The summed E-state index contributed by atoms with van der Waals surface area (Å²) in [5, 5.41) is 8.76. The largest absolute Gasteiger partial charge is 0.480 e. The van der Waals surface area contributed by atoms with Crippen LogP contribution in [-0.4, -0.2) is 48.7 Å². The molecule has 0 radical (unpaired) electrons. The van der Waals surface area contributed by atoms with Crippen molar-refractivity contribution in [3.05, 3.63) is 28.2 Å². The van der Waals surface area contributed by atoms with Crippen LogP contribution in [0.2, 0.25) is 0 Å². The molecule has 0 bridgehead atoms. The maximum Gasteiger partial charge on any atom is 0.317 e. The van der Waals surface area contributed by atoms with Gasteiger partial charge in [0.15, 0.2) is 0 Å². The lowest BCUT2D eigenvalue weighted by molar-refractivity contribution is -0.138. The van der Waals surface area contributed by atoms with Gasteiger partial charge in [0.05, 0.1) is 6.54 Å². The molecule has 18 heavy (non-hydrogen) atoms. The van der Waals surface area contributed by atoms with Crippen LogP contribution in [0.15, 0.2) is 22.7 Å². The summed E-state index contributed by atoms with van der Waals surface area (Å²) in [4.78, 5) is 14.9. The van der Waals surface area contributed by atoms with Crippen LogP contribution in [0.3, 0.4) is 0 Å². The first-order valence-electron chi connectivity index (χ1n) is 6.01. The third kappa shape index (κ3) is 3.23. The number of hydrogen-bond donors (Lipinski definition) is 1. The molecule has 0 aromatic heterocycles. The number of carboxylic acids is 1. The summed E-state index contributed by atoms with van der Waals surface area (Å²) in [6.45, 7) is 5.63. The molecule has 4 nitrogen and oxygen atoms in total. The first-order chi connectivity index (χ1) is 8.56. The average Bonchev–Trinajstić information content (AvgIpc) is 2.30. The first kappa shape index (κ1) is 13.4. The van der Waals surface area contributed by atoms with Gasteiger partial charge >= 0.3 is 5.97 Å². The maximum absolute atomic E-state index is 10.7. The van der Waals surface area contributed by atoms with Crippen molar-refractivity contribution in [2.24, 2.45) is 0 Å². The minimum absolute atomic E-state index is 0.146. The molecule has 0 unspecified atom stereocenters. The molecule has 1 aromatic carbocycles. The van der Waals surface area contributed by atoms with E-state index in [1.54, 1.807) is 0 Å². The van der Waals surface area contributed by atoms with Gasteiger partial charge in [-0.25, -0.2) is 0 Å². The molecule has 0 aliphatic carbocycles. The number of nitrogens with zero attached hydrogens (tertiary/aromatic N) is 2. The first-order valence-corrected chi connectivity index (χ1v) is 6.81. The fourth-order valence-corrected chi connectivity index (χ4v) is 2.79. The Bertz CT molecular complexity index is 443. The third-order valence-corrected chi connectivity index (χ3v) is 3.72. The van der Waals surface area contributed by atoms with Crippen LogP contribution in [0.25, 0.3) is 0 Å². The zero-order chi connectivity index (χ0) is 13.1. The summed E-state index contributed by atoms with van der Waals surface area (Å²) >= 11 is 3.46. The Morgan fingerprint density at radius 1 is 1.33 bits per heavy atom. The van der Waals surface area contributed by atoms with E-state index in [4.69, 9.17) is 5.11 Å². The predicted octanol–water partition coefficient (Wildman–Crippen LogP) is 1.96. The topological polar surface area (TPSA) is 43.8 Å². The quantitative estimate of drug-likeness (QED) is 0.926. The number of carbonyl (C=O) groups is 1. The minimum atomic E-state index is -0.747. The molecule has 0 amide bonds. The fourth-order valence-electron chi connectivity index (χ4n) is 2.31. The lowest BCUT2D eigenvalue weighted by Crippen LogP contribution is -2.48. The highest BCUT2D eigenvalue weighted by molar-refractivity contribution is 9.10. The molecule has 1 aromatic rings. The van der Waals surface area contributed by atoms with Crippen molar-refractivity contribution >= 4 is 27.6 Å². The highest BCUT2D eigenvalue weighted by Crippen LogP contribution is 2.24. The van der Waals surface area contributed by atoms with E-state index >= 15 is 0 Å². The number of aliphatic carboxylic acids is 1. The molecular formula is C13H17BrN2O2. The van der Waals surface area contributed by atoms with Gasteiger partial charge in [0.25, 0.3) is 0 Å². The van der Waals surface area contributed by atoms with E-state index in [1.165, 1.54) is 11.3 Å². The molecule has 5 heteroatoms. The molecule has 2 rings (SSSR count). The number of piperazine rings is 1. The Labute approximate surface area is 115 Å². The third-order valence-electron chi connectivity index (χ3n) is 3.23. The summed E-state index contributed by atoms with van der Waals surface area (Å²) in [7, 11) is 0. The van der Waals surface area contributed by atoms with Gasteiger partial charge in [0.2, 0.25) is 0 Å². The Hall–Kier alpha value is -1.07. The van der Waals surface area contributed by atoms with Gasteiger partial charge in [-0.2, -0.15) is 0 Å². The smallest absolute Gasteiger partial charge is 0.317 e. The number of halogens is 1. The monoisotopic (exact) mass is 312 g/mol. The van der Waals surface area contributed by atoms with E-state index in [9.17, 15) is 4.79 Å². The van der Waals surface area contributed by atoms with Gasteiger partial charge in [0.1, 0.15) is 0 Å². The van der Waals surface area contributed by atoms with Gasteiger partial charge in [-0.1, -0.05) is 15.9 Å². The number of benzene rings is 1. The van der Waals surface area contributed by atoms with Crippen LogP contribution >= 0.6 is 15.9 Å². The van der Waals surface area contributed by atoms with Gasteiger partial charge in [-0.3, -0.25) is 9.69 Å². The Morgan fingerprint density at radius 2 is 2.00 bits per heavy atom. The molecule has 1 aliphatic heterocycles. The van der Waals surface area contributed by atoms with Gasteiger partial charge in [-0.05, 0) is 30.7 Å². The van der Waals surface area contributed by atoms with Gasteiger partial charge < -0.3 is 10.0 Å². The van der Waals surface area contributed by atoms with Crippen molar-refractivity contribution in [3.8, 4) is 0 Å². The molecule has 0 spiro atoms. The Morgan fingerprint density at radius 3 is 2.56 bits per heavy atom. The van der Waals surface area contributed by atoms with Crippen LogP contribution in [0.4, 0.5) is 5.69 Å². The second-order valence-electron chi connectivity index (χ2n) is 4.59. The number of hydrogen-bond acceptors (Lipinski definition) is 3. The number of aryl methyl sites for hydroxylation is 1. The van der Waals surface area contributed by atoms with E-state index < -0.39 is 5.97 Å². The van der Waals surface area contributed by atoms with Crippen LogP contribution in [0.1, 0.15) is 5.56 Å². The number of anilines is 1. The SMILES string of the molecule is Cc1cc(Br)ccc1N1CCN(CC(=O)O)CC1. The lowest BCUT2D eigenvalue weighted by Gasteiger charge is -2.36. The fraction of sp³-hybridized carbons (Fsp3) is 0.462. The Kier molecular flexibility index (Phi) is 4.24. The molecule has 1 aliphatic rings. The highest BCUT2D eigenvalue weighted by Gasteiger charge is 2.19. The number of carboxylic acid groups (broad SMARTS) is 1. The standard InChI is InChI=1S/C13H17BrN2O2/c1-10-8-11(14)2-3-12(10)16-6-4-15(5-7-16)9-13(17)18/h2-3,8H,4-7,9H2,1H3,(H,17,18). The van der Waals surface area contributed by atoms with Crippen molar-refractivity contribution in [2.75, 3.05) is 37.6 Å². The average molecular weight is 313 g/mol. The molecule has 98 valence electrons. The molecule has 1 heterocycles. The molecule has 1 N–H and O–H groups in total. The lowest BCUT2D eigenvalue weighted by atomic mass is 10.1.